The molecule has 17 heavy (non-hydrogen) atoms. The van der Waals surface area contributed by atoms with Gasteiger partial charge in [-0.25, -0.2) is 4.99 Å². The lowest BCUT2D eigenvalue weighted by molar-refractivity contribution is -0.118. The van der Waals surface area contributed by atoms with Crippen LogP contribution in [0.3, 0.4) is 0 Å². The quantitative estimate of drug-likeness (QED) is 0.903. The van der Waals surface area contributed by atoms with E-state index in [0.29, 0.717) is 20.9 Å². The number of amides is 1. The summed E-state index contributed by atoms with van der Waals surface area (Å²) >= 11 is 13.3. The maximum absolute atomic E-state index is 11.5. The first-order valence-corrected chi connectivity index (χ1v) is 6.75. The second-order valence-electron chi connectivity index (χ2n) is 3.52. The van der Waals surface area contributed by atoms with E-state index >= 15 is 0 Å². The van der Waals surface area contributed by atoms with Crippen LogP contribution < -0.4 is 5.32 Å². The van der Waals surface area contributed by atoms with Crippen LogP contribution >= 0.6 is 35.0 Å². The van der Waals surface area contributed by atoms with Gasteiger partial charge in [0.15, 0.2) is 5.17 Å². The average Bonchev–Trinajstić information content (AvgIpc) is 2.64. The predicted octanol–water partition coefficient (Wildman–Crippen LogP) is 3.62. The normalized spacial score (nSPS) is 21.9. The molecule has 1 aliphatic rings. The van der Waals surface area contributed by atoms with Crippen LogP contribution in [0, 0.1) is 0 Å². The molecule has 0 saturated carbocycles. The van der Waals surface area contributed by atoms with E-state index in [-0.39, 0.29) is 11.2 Å². The van der Waals surface area contributed by atoms with Crippen molar-refractivity contribution >= 4 is 51.7 Å². The van der Waals surface area contributed by atoms with Gasteiger partial charge in [0.1, 0.15) is 0 Å². The van der Waals surface area contributed by atoms with Crippen molar-refractivity contribution in [1.29, 1.82) is 0 Å². The van der Waals surface area contributed by atoms with Crippen molar-refractivity contribution in [1.82, 2.24) is 5.32 Å². The standard InChI is InChI=1S/C11H10Cl2N2OS/c1-2-9-10(16)15-11(17-9)14-8-5-6(12)3-4-7(8)13/h3-5,9H,2H2,1H3,(H,14,15,16). The summed E-state index contributed by atoms with van der Waals surface area (Å²) in [6.45, 7) is 1.96. The number of halogens is 2. The van der Waals surface area contributed by atoms with Gasteiger partial charge in [0.2, 0.25) is 5.91 Å². The van der Waals surface area contributed by atoms with E-state index in [4.69, 9.17) is 23.2 Å². The highest BCUT2D eigenvalue weighted by Crippen LogP contribution is 2.31. The highest BCUT2D eigenvalue weighted by atomic mass is 35.5. The Morgan fingerprint density at radius 1 is 1.47 bits per heavy atom. The number of nitrogens with zero attached hydrogens (tertiary/aromatic N) is 1. The van der Waals surface area contributed by atoms with Crippen molar-refractivity contribution in [3.63, 3.8) is 0 Å². The number of nitrogens with one attached hydrogen (secondary N) is 1. The molecule has 0 radical (unpaired) electrons. The van der Waals surface area contributed by atoms with Gasteiger partial charge in [0.25, 0.3) is 0 Å². The van der Waals surface area contributed by atoms with E-state index in [1.807, 2.05) is 6.92 Å². The highest BCUT2D eigenvalue weighted by Gasteiger charge is 2.28. The van der Waals surface area contributed by atoms with Gasteiger partial charge in [-0.2, -0.15) is 0 Å². The Bertz CT molecular complexity index is 490. The topological polar surface area (TPSA) is 41.5 Å². The molecule has 1 aliphatic heterocycles. The van der Waals surface area contributed by atoms with E-state index in [2.05, 4.69) is 10.3 Å². The van der Waals surface area contributed by atoms with Gasteiger partial charge in [0.05, 0.1) is 16.0 Å². The largest absolute Gasteiger partial charge is 0.304 e. The van der Waals surface area contributed by atoms with E-state index in [9.17, 15) is 4.79 Å². The Morgan fingerprint density at radius 2 is 2.24 bits per heavy atom. The minimum absolute atomic E-state index is 0.00518. The van der Waals surface area contributed by atoms with Crippen LogP contribution in [0.5, 0.6) is 0 Å². The lowest BCUT2D eigenvalue weighted by atomic mass is 10.3. The van der Waals surface area contributed by atoms with Gasteiger partial charge >= 0.3 is 0 Å². The summed E-state index contributed by atoms with van der Waals surface area (Å²) in [7, 11) is 0. The molecule has 90 valence electrons. The molecule has 3 nitrogen and oxygen atoms in total. The van der Waals surface area contributed by atoms with Crippen molar-refractivity contribution in [3.8, 4) is 0 Å². The summed E-state index contributed by atoms with van der Waals surface area (Å²) in [6, 6.07) is 5.05. The van der Waals surface area contributed by atoms with Gasteiger partial charge < -0.3 is 5.32 Å². The molecule has 0 spiro atoms. The molecule has 1 aromatic rings. The predicted molar refractivity (Wildman–Crippen MR) is 73.4 cm³/mol. The zero-order valence-electron chi connectivity index (χ0n) is 9.04. The minimum atomic E-state index is -0.0632. The number of rotatable bonds is 2. The smallest absolute Gasteiger partial charge is 0.239 e. The van der Waals surface area contributed by atoms with Crippen LogP contribution in [0.1, 0.15) is 13.3 Å². The number of hydrogen-bond donors (Lipinski definition) is 1. The molecule has 1 atom stereocenters. The molecule has 6 heteroatoms. The second kappa shape index (κ2) is 5.29. The molecular formula is C11H10Cl2N2OS. The third-order valence-corrected chi connectivity index (χ3v) is 4.08. The van der Waals surface area contributed by atoms with Gasteiger partial charge in [0, 0.05) is 5.02 Å². The zero-order valence-corrected chi connectivity index (χ0v) is 11.4. The van der Waals surface area contributed by atoms with Gasteiger partial charge in [-0.05, 0) is 24.6 Å². The van der Waals surface area contributed by atoms with Crippen LogP contribution in [-0.2, 0) is 4.79 Å². The number of thioether (sulfide) groups is 1. The van der Waals surface area contributed by atoms with E-state index in [1.165, 1.54) is 11.8 Å². The molecule has 0 bridgehead atoms. The van der Waals surface area contributed by atoms with Crippen molar-refractivity contribution in [3.05, 3.63) is 28.2 Å². The number of aliphatic imine (C=N–C) groups is 1. The molecule has 1 fully saturated rings. The summed E-state index contributed by atoms with van der Waals surface area (Å²) < 4.78 is 0. The fourth-order valence-electron chi connectivity index (χ4n) is 1.41. The maximum atomic E-state index is 11.5. The fraction of sp³-hybridized carbons (Fsp3) is 0.273. The van der Waals surface area contributed by atoms with Crippen molar-refractivity contribution in [2.24, 2.45) is 4.99 Å². The molecule has 0 aromatic heterocycles. The number of carbonyl (C=O) groups excluding carboxylic acids is 1. The lowest BCUT2D eigenvalue weighted by Crippen LogP contribution is -2.24. The second-order valence-corrected chi connectivity index (χ2v) is 5.55. The van der Waals surface area contributed by atoms with Crippen LogP contribution in [-0.4, -0.2) is 16.3 Å². The Hall–Kier alpha value is -0.710. The summed E-state index contributed by atoms with van der Waals surface area (Å²) in [5, 5.41) is 4.31. The zero-order chi connectivity index (χ0) is 12.4. The number of carbonyl (C=O) groups is 1. The van der Waals surface area contributed by atoms with Gasteiger partial charge in [-0.1, -0.05) is 41.9 Å². The average molecular weight is 289 g/mol. The molecule has 1 saturated heterocycles. The van der Waals surface area contributed by atoms with Crippen molar-refractivity contribution in [2.45, 2.75) is 18.6 Å². The Labute approximate surface area is 114 Å². The maximum Gasteiger partial charge on any atom is 0.239 e. The third kappa shape index (κ3) is 2.94. The summed E-state index contributed by atoms with van der Waals surface area (Å²) in [5.74, 6) is -0.00518. The Morgan fingerprint density at radius 3 is 2.88 bits per heavy atom. The molecule has 1 amide bonds. The van der Waals surface area contributed by atoms with E-state index in [1.54, 1.807) is 18.2 Å². The molecule has 1 heterocycles. The van der Waals surface area contributed by atoms with E-state index < -0.39 is 0 Å². The summed E-state index contributed by atoms with van der Waals surface area (Å²) in [5.41, 5.74) is 0.568. The van der Waals surface area contributed by atoms with Crippen molar-refractivity contribution in [2.75, 3.05) is 0 Å². The number of benzene rings is 1. The first kappa shape index (κ1) is 12.7. The lowest BCUT2D eigenvalue weighted by Gasteiger charge is -2.00. The molecule has 2 rings (SSSR count). The van der Waals surface area contributed by atoms with Gasteiger partial charge in [-0.15, -0.1) is 0 Å². The molecule has 1 unspecified atom stereocenters. The highest BCUT2D eigenvalue weighted by molar-refractivity contribution is 8.15. The van der Waals surface area contributed by atoms with Gasteiger partial charge in [-0.3, -0.25) is 4.79 Å². The van der Waals surface area contributed by atoms with E-state index in [0.717, 1.165) is 6.42 Å². The first-order chi connectivity index (χ1) is 8.10. The first-order valence-electron chi connectivity index (χ1n) is 5.11. The Balaban J connectivity index is 2.26. The Kier molecular flexibility index (Phi) is 3.97. The molecular weight excluding hydrogens is 279 g/mol. The minimum Gasteiger partial charge on any atom is -0.304 e. The molecule has 1 N–H and O–H groups in total. The summed E-state index contributed by atoms with van der Waals surface area (Å²) in [6.07, 6.45) is 0.777. The molecule has 0 aliphatic carbocycles. The van der Waals surface area contributed by atoms with Crippen molar-refractivity contribution < 1.29 is 4.79 Å². The van der Waals surface area contributed by atoms with Crippen LogP contribution in [0.15, 0.2) is 23.2 Å². The van der Waals surface area contributed by atoms with Crippen LogP contribution in [0.2, 0.25) is 10.0 Å². The van der Waals surface area contributed by atoms with Crippen LogP contribution in [0.25, 0.3) is 0 Å². The SMILES string of the molecule is CCC1SC(=Nc2cc(Cl)ccc2Cl)NC1=O. The fourth-order valence-corrected chi connectivity index (χ4v) is 2.65. The summed E-state index contributed by atoms with van der Waals surface area (Å²) in [4.78, 5) is 15.8. The monoisotopic (exact) mass is 288 g/mol. The third-order valence-electron chi connectivity index (χ3n) is 2.28. The van der Waals surface area contributed by atoms with Crippen LogP contribution in [0.4, 0.5) is 5.69 Å². The number of amidine groups is 1. The number of hydrogen-bond acceptors (Lipinski definition) is 3. The molecule has 1 aromatic carbocycles.